The van der Waals surface area contributed by atoms with Crippen molar-refractivity contribution in [2.75, 3.05) is 20.8 Å². The molecule has 3 aromatic rings. The molecule has 0 amide bonds. The highest BCUT2D eigenvalue weighted by Crippen LogP contribution is 2.33. The van der Waals surface area contributed by atoms with Gasteiger partial charge in [0.05, 0.1) is 37.4 Å². The minimum atomic E-state index is -0.389. The number of fused-ring (bicyclic) bond motifs is 1. The lowest BCUT2D eigenvalue weighted by molar-refractivity contribution is -0.137. The van der Waals surface area contributed by atoms with Gasteiger partial charge in [0, 0.05) is 12.5 Å². The highest BCUT2D eigenvalue weighted by Gasteiger charge is 2.30. The molecule has 1 atom stereocenters. The third-order valence-electron chi connectivity index (χ3n) is 4.51. The Morgan fingerprint density at radius 3 is 2.61 bits per heavy atom. The first-order valence-electron chi connectivity index (χ1n) is 8.70. The molecule has 1 saturated heterocycles. The van der Waals surface area contributed by atoms with E-state index in [1.165, 1.54) is 23.4 Å². The fraction of sp³-hybridized carbons (Fsp3) is 0.250. The normalized spacial score (nSPS) is 16.2. The summed E-state index contributed by atoms with van der Waals surface area (Å²) in [4.78, 5) is 29.9. The molecule has 1 aliphatic rings. The Morgan fingerprint density at radius 2 is 1.89 bits per heavy atom. The number of rotatable bonds is 5. The van der Waals surface area contributed by atoms with Crippen molar-refractivity contribution in [3.05, 3.63) is 52.8 Å². The summed E-state index contributed by atoms with van der Waals surface area (Å²) in [5.74, 6) is 0.768. The largest absolute Gasteiger partial charge is 0.493 e. The van der Waals surface area contributed by atoms with Crippen molar-refractivity contribution >= 4 is 28.6 Å². The van der Waals surface area contributed by atoms with Crippen LogP contribution in [0.4, 0.5) is 0 Å². The van der Waals surface area contributed by atoms with Gasteiger partial charge in [0.2, 0.25) is 0 Å². The number of hydrogen-bond acceptors (Lipinski definition) is 7. The first-order chi connectivity index (χ1) is 13.6. The van der Waals surface area contributed by atoms with Gasteiger partial charge in [0.1, 0.15) is 5.25 Å². The highest BCUT2D eigenvalue weighted by atomic mass is 32.2. The van der Waals surface area contributed by atoms with Crippen molar-refractivity contribution in [1.29, 1.82) is 0 Å². The summed E-state index contributed by atoms with van der Waals surface area (Å²) in [6, 6.07) is 12.4. The molecule has 4 rings (SSSR count). The van der Waals surface area contributed by atoms with Crippen LogP contribution in [0.3, 0.4) is 0 Å². The number of thioether (sulfide) groups is 1. The van der Waals surface area contributed by atoms with Crippen molar-refractivity contribution in [3.8, 4) is 17.2 Å². The third-order valence-corrected chi connectivity index (χ3v) is 5.70. The zero-order valence-corrected chi connectivity index (χ0v) is 16.2. The molecule has 8 heteroatoms. The molecule has 0 N–H and O–H groups in total. The molecule has 1 aromatic heterocycles. The Morgan fingerprint density at radius 1 is 1.11 bits per heavy atom. The quantitative estimate of drug-likeness (QED) is 0.483. The number of ether oxygens (including phenoxy) is 3. The van der Waals surface area contributed by atoms with E-state index in [-0.39, 0.29) is 16.8 Å². The lowest BCUT2D eigenvalue weighted by atomic mass is 10.2. The van der Waals surface area contributed by atoms with Crippen LogP contribution < -0.4 is 15.0 Å². The van der Waals surface area contributed by atoms with Crippen LogP contribution in [-0.2, 0) is 9.53 Å². The zero-order valence-electron chi connectivity index (χ0n) is 15.4. The molecular weight excluding hydrogens is 380 g/mol. The van der Waals surface area contributed by atoms with Gasteiger partial charge >= 0.3 is 5.97 Å². The molecule has 2 aromatic carbocycles. The average molecular weight is 398 g/mol. The smallest absolute Gasteiger partial charge is 0.319 e. The van der Waals surface area contributed by atoms with E-state index in [4.69, 9.17) is 14.2 Å². The number of cyclic esters (lactones) is 1. The molecule has 1 aliphatic heterocycles. The SMILES string of the molecule is COc1ccc(-n2c(S[C@H]3CCOC3=O)nc3ccccc3c2=O)cc1OC. The van der Waals surface area contributed by atoms with Crippen LogP contribution in [0.25, 0.3) is 16.6 Å². The number of methoxy groups -OCH3 is 2. The van der Waals surface area contributed by atoms with Gasteiger partial charge in [-0.2, -0.15) is 0 Å². The maximum absolute atomic E-state index is 13.3. The molecule has 1 fully saturated rings. The number of hydrogen-bond donors (Lipinski definition) is 0. The highest BCUT2D eigenvalue weighted by molar-refractivity contribution is 8.00. The van der Waals surface area contributed by atoms with Gasteiger partial charge in [-0.05, 0) is 24.3 Å². The van der Waals surface area contributed by atoms with Gasteiger partial charge in [-0.15, -0.1) is 0 Å². The molecule has 0 saturated carbocycles. The van der Waals surface area contributed by atoms with E-state index in [9.17, 15) is 9.59 Å². The number of carbonyl (C=O) groups excluding carboxylic acids is 1. The first-order valence-corrected chi connectivity index (χ1v) is 9.58. The maximum atomic E-state index is 13.3. The maximum Gasteiger partial charge on any atom is 0.319 e. The Bertz CT molecular complexity index is 1110. The summed E-state index contributed by atoms with van der Waals surface area (Å²) in [6.45, 7) is 0.380. The predicted octanol–water partition coefficient (Wildman–Crippen LogP) is 2.81. The summed E-state index contributed by atoms with van der Waals surface area (Å²) in [5.41, 5.74) is 0.944. The van der Waals surface area contributed by atoms with E-state index in [0.29, 0.717) is 46.3 Å². The third kappa shape index (κ3) is 3.20. The fourth-order valence-electron chi connectivity index (χ4n) is 3.09. The fourth-order valence-corrected chi connectivity index (χ4v) is 4.17. The van der Waals surface area contributed by atoms with E-state index >= 15 is 0 Å². The number of para-hydroxylation sites is 1. The van der Waals surface area contributed by atoms with Gasteiger partial charge in [-0.25, -0.2) is 4.98 Å². The van der Waals surface area contributed by atoms with Crippen LogP contribution in [0.2, 0.25) is 0 Å². The van der Waals surface area contributed by atoms with Crippen LogP contribution in [-0.4, -0.2) is 41.6 Å². The molecule has 2 heterocycles. The van der Waals surface area contributed by atoms with E-state index in [1.54, 1.807) is 43.5 Å². The standard InChI is InChI=1S/C20H18N2O5S/c1-25-15-8-7-12(11-16(15)26-2)22-18(23)13-5-3-4-6-14(13)21-20(22)28-17-9-10-27-19(17)24/h3-8,11,17H,9-10H2,1-2H3/t17-/m0/s1. The van der Waals surface area contributed by atoms with E-state index in [1.807, 2.05) is 6.07 Å². The number of esters is 1. The first kappa shape index (κ1) is 18.4. The van der Waals surface area contributed by atoms with Crippen LogP contribution in [0, 0.1) is 0 Å². The Balaban J connectivity index is 1.92. The van der Waals surface area contributed by atoms with Crippen molar-refractivity contribution in [2.24, 2.45) is 0 Å². The lowest BCUT2D eigenvalue weighted by Gasteiger charge is -2.16. The molecule has 0 spiro atoms. The molecule has 0 bridgehead atoms. The van der Waals surface area contributed by atoms with E-state index in [0.717, 1.165) is 0 Å². The second-order valence-corrected chi connectivity index (χ2v) is 7.32. The zero-order chi connectivity index (χ0) is 19.7. The van der Waals surface area contributed by atoms with Gasteiger partial charge < -0.3 is 14.2 Å². The average Bonchev–Trinajstić information content (AvgIpc) is 3.12. The van der Waals surface area contributed by atoms with Crippen LogP contribution in [0.5, 0.6) is 11.5 Å². The van der Waals surface area contributed by atoms with Crippen molar-refractivity contribution in [1.82, 2.24) is 9.55 Å². The second kappa shape index (κ2) is 7.55. The van der Waals surface area contributed by atoms with E-state index in [2.05, 4.69) is 4.98 Å². The van der Waals surface area contributed by atoms with Gasteiger partial charge in [-0.1, -0.05) is 23.9 Å². The molecular formula is C20H18N2O5S. The summed E-state index contributed by atoms with van der Waals surface area (Å²) in [7, 11) is 3.08. The molecule has 0 radical (unpaired) electrons. The van der Waals surface area contributed by atoms with Gasteiger partial charge in [-0.3, -0.25) is 14.2 Å². The van der Waals surface area contributed by atoms with E-state index < -0.39 is 0 Å². The summed E-state index contributed by atoms with van der Waals surface area (Å²) in [5, 5.41) is 0.537. The minimum absolute atomic E-state index is 0.216. The topological polar surface area (TPSA) is 79.7 Å². The monoisotopic (exact) mass is 398 g/mol. The number of nitrogens with zero attached hydrogens (tertiary/aromatic N) is 2. The Labute approximate surface area is 165 Å². The van der Waals surface area contributed by atoms with Gasteiger partial charge in [0.25, 0.3) is 5.56 Å². The van der Waals surface area contributed by atoms with Crippen LogP contribution >= 0.6 is 11.8 Å². The summed E-state index contributed by atoms with van der Waals surface area (Å²) >= 11 is 1.24. The van der Waals surface area contributed by atoms with Crippen molar-refractivity contribution in [2.45, 2.75) is 16.8 Å². The molecule has 7 nitrogen and oxygen atoms in total. The molecule has 28 heavy (non-hydrogen) atoms. The molecule has 0 aliphatic carbocycles. The number of aromatic nitrogens is 2. The van der Waals surface area contributed by atoms with Crippen LogP contribution in [0.1, 0.15) is 6.42 Å². The molecule has 0 unspecified atom stereocenters. The number of benzene rings is 2. The predicted molar refractivity (Wildman–Crippen MR) is 106 cm³/mol. The number of carbonyl (C=O) groups is 1. The minimum Gasteiger partial charge on any atom is -0.493 e. The van der Waals surface area contributed by atoms with Crippen LogP contribution in [0.15, 0.2) is 52.4 Å². The molecule has 144 valence electrons. The summed E-state index contributed by atoms with van der Waals surface area (Å²) in [6.07, 6.45) is 0.581. The Hall–Kier alpha value is -3.00. The lowest BCUT2D eigenvalue weighted by Crippen LogP contribution is -2.23. The van der Waals surface area contributed by atoms with Gasteiger partial charge in [0.15, 0.2) is 16.7 Å². The summed E-state index contributed by atoms with van der Waals surface area (Å²) < 4.78 is 17.2. The van der Waals surface area contributed by atoms with Crippen molar-refractivity contribution < 1.29 is 19.0 Å². The van der Waals surface area contributed by atoms with Crippen molar-refractivity contribution in [3.63, 3.8) is 0 Å². The Kier molecular flexibility index (Phi) is 4.95. The second-order valence-electron chi connectivity index (χ2n) is 6.15.